The van der Waals surface area contributed by atoms with Crippen LogP contribution < -0.4 is 4.90 Å². The van der Waals surface area contributed by atoms with E-state index in [1.807, 2.05) is 0 Å². The number of thioether (sulfide) groups is 1. The molecule has 1 saturated carbocycles. The fraction of sp³-hybridized carbons (Fsp3) is 0.478. The first-order valence-electron chi connectivity index (χ1n) is 9.80. The third kappa shape index (κ3) is 3.33. The fourth-order valence-corrected chi connectivity index (χ4v) is 6.62. The largest absolute Gasteiger partial charge is 0.351 e. The Morgan fingerprint density at radius 1 is 0.880 bits per heavy atom. The molecule has 2 heteroatoms. The number of benzene rings is 2. The van der Waals surface area contributed by atoms with Crippen molar-refractivity contribution in [3.8, 4) is 0 Å². The fourth-order valence-electron chi connectivity index (χ4n) is 4.72. The van der Waals surface area contributed by atoms with Crippen molar-refractivity contribution in [2.75, 3.05) is 4.90 Å². The Morgan fingerprint density at radius 2 is 1.56 bits per heavy atom. The Balaban J connectivity index is 1.71. The summed E-state index contributed by atoms with van der Waals surface area (Å²) in [6, 6.07) is 20.6. The molecule has 1 aliphatic heterocycles. The molecule has 0 aromatic heterocycles. The van der Waals surface area contributed by atoms with Gasteiger partial charge in [0.15, 0.2) is 0 Å². The second-order valence-corrected chi connectivity index (χ2v) is 8.96. The summed E-state index contributed by atoms with van der Waals surface area (Å²) >= 11 is 2.22. The highest BCUT2D eigenvalue weighted by Gasteiger charge is 2.43. The van der Waals surface area contributed by atoms with Gasteiger partial charge in [0.1, 0.15) is 5.37 Å². The number of hydrogen-bond acceptors (Lipinski definition) is 2. The van der Waals surface area contributed by atoms with Gasteiger partial charge in [0.2, 0.25) is 0 Å². The molecular weight excluding hydrogens is 322 g/mol. The molecule has 3 atom stereocenters. The number of para-hydroxylation sites is 1. The molecule has 0 spiro atoms. The van der Waals surface area contributed by atoms with Crippen LogP contribution in [0.5, 0.6) is 0 Å². The molecule has 0 N–H and O–H groups in total. The lowest BCUT2D eigenvalue weighted by molar-refractivity contribution is 0.333. The van der Waals surface area contributed by atoms with Crippen LogP contribution >= 0.6 is 11.8 Å². The summed E-state index contributed by atoms with van der Waals surface area (Å²) in [5.41, 5.74) is 4.25. The zero-order valence-electron chi connectivity index (χ0n) is 15.4. The minimum atomic E-state index is 0.434. The van der Waals surface area contributed by atoms with Crippen molar-refractivity contribution in [3.63, 3.8) is 0 Å². The maximum atomic E-state index is 2.70. The van der Waals surface area contributed by atoms with Crippen LogP contribution in [0.25, 0.3) is 0 Å². The smallest absolute Gasteiger partial charge is 0.101 e. The van der Waals surface area contributed by atoms with Gasteiger partial charge in [-0.15, -0.1) is 11.8 Å². The summed E-state index contributed by atoms with van der Waals surface area (Å²) in [5, 5.41) is 1.18. The van der Waals surface area contributed by atoms with E-state index in [0.29, 0.717) is 11.4 Å². The van der Waals surface area contributed by atoms with E-state index in [9.17, 15) is 0 Å². The molecule has 132 valence electrons. The van der Waals surface area contributed by atoms with E-state index in [-0.39, 0.29) is 0 Å². The first-order valence-corrected chi connectivity index (χ1v) is 10.7. The molecule has 1 nitrogen and oxygen atoms in total. The maximum absolute atomic E-state index is 2.70. The summed E-state index contributed by atoms with van der Waals surface area (Å²) in [7, 11) is 0. The molecule has 2 unspecified atom stereocenters. The van der Waals surface area contributed by atoms with Crippen molar-refractivity contribution >= 4 is 17.4 Å². The van der Waals surface area contributed by atoms with Gasteiger partial charge in [-0.1, -0.05) is 67.8 Å². The average molecular weight is 352 g/mol. The van der Waals surface area contributed by atoms with Crippen LogP contribution in [0.1, 0.15) is 55.5 Å². The zero-order valence-corrected chi connectivity index (χ0v) is 16.2. The highest BCUT2D eigenvalue weighted by atomic mass is 32.2. The monoisotopic (exact) mass is 351 g/mol. The molecule has 1 aliphatic carbocycles. The van der Waals surface area contributed by atoms with E-state index in [1.165, 1.54) is 48.9 Å². The van der Waals surface area contributed by atoms with Gasteiger partial charge < -0.3 is 4.90 Å². The van der Waals surface area contributed by atoms with Gasteiger partial charge in [-0.25, -0.2) is 0 Å². The van der Waals surface area contributed by atoms with Crippen molar-refractivity contribution in [3.05, 3.63) is 65.7 Å². The van der Waals surface area contributed by atoms with Crippen LogP contribution in [0.4, 0.5) is 5.69 Å². The zero-order chi connectivity index (χ0) is 17.2. The summed E-state index contributed by atoms with van der Waals surface area (Å²) in [6.07, 6.45) is 7.13. The van der Waals surface area contributed by atoms with Crippen LogP contribution in [0.15, 0.2) is 54.6 Å². The van der Waals surface area contributed by atoms with E-state index >= 15 is 0 Å². The molecule has 0 bridgehead atoms. The number of rotatable bonds is 3. The standard InChI is InChI=1S/C23H29NS/c1-17-11-9-10-16-21(17)24-18(2)22(19-12-5-3-6-13-19)25-23(24)20-14-7-4-8-15-20/h4,7-11,14-16,18-19,22-23H,3,5-6,12-13H2,1-2H3/t18-,22?,23?/m0/s1. The Kier molecular flexibility index (Phi) is 5.08. The van der Waals surface area contributed by atoms with E-state index < -0.39 is 0 Å². The molecule has 2 aliphatic rings. The highest BCUT2D eigenvalue weighted by Crippen LogP contribution is 2.52. The predicted octanol–water partition coefficient (Wildman–Crippen LogP) is 6.58. The topological polar surface area (TPSA) is 3.24 Å². The first-order chi connectivity index (χ1) is 12.3. The molecule has 0 radical (unpaired) electrons. The average Bonchev–Trinajstić information content (AvgIpc) is 3.01. The summed E-state index contributed by atoms with van der Waals surface area (Å²) < 4.78 is 0. The maximum Gasteiger partial charge on any atom is 0.101 e. The lowest BCUT2D eigenvalue weighted by Crippen LogP contribution is -2.37. The van der Waals surface area contributed by atoms with Crippen LogP contribution in [0, 0.1) is 12.8 Å². The second-order valence-electron chi connectivity index (χ2n) is 7.70. The van der Waals surface area contributed by atoms with Gasteiger partial charge in [-0.2, -0.15) is 0 Å². The Morgan fingerprint density at radius 3 is 2.28 bits per heavy atom. The summed E-state index contributed by atoms with van der Waals surface area (Å²) in [6.45, 7) is 4.71. The minimum absolute atomic E-state index is 0.434. The minimum Gasteiger partial charge on any atom is -0.351 e. The number of nitrogens with zero attached hydrogens (tertiary/aromatic N) is 1. The Hall–Kier alpha value is -1.41. The molecule has 2 fully saturated rings. The van der Waals surface area contributed by atoms with Gasteiger partial charge in [-0.3, -0.25) is 0 Å². The third-order valence-electron chi connectivity index (χ3n) is 6.05. The molecule has 1 saturated heterocycles. The van der Waals surface area contributed by atoms with Crippen LogP contribution in [-0.2, 0) is 0 Å². The van der Waals surface area contributed by atoms with Crippen molar-refractivity contribution in [1.82, 2.24) is 0 Å². The van der Waals surface area contributed by atoms with Crippen molar-refractivity contribution < 1.29 is 0 Å². The van der Waals surface area contributed by atoms with Crippen molar-refractivity contribution in [1.29, 1.82) is 0 Å². The normalized spacial score (nSPS) is 27.6. The van der Waals surface area contributed by atoms with E-state index in [1.54, 1.807) is 0 Å². The van der Waals surface area contributed by atoms with Crippen molar-refractivity contribution in [2.45, 2.75) is 62.6 Å². The third-order valence-corrected chi connectivity index (χ3v) is 7.90. The SMILES string of the molecule is Cc1ccccc1N1C(c2ccccc2)SC(C2CCCCC2)[C@@H]1C. The van der Waals surface area contributed by atoms with E-state index in [2.05, 4.69) is 85.1 Å². The Labute approximate surface area is 156 Å². The molecule has 1 heterocycles. The van der Waals surface area contributed by atoms with Gasteiger partial charge >= 0.3 is 0 Å². The molecule has 0 amide bonds. The van der Waals surface area contributed by atoms with Crippen LogP contribution in [0.2, 0.25) is 0 Å². The molecular formula is C23H29NS. The molecule has 25 heavy (non-hydrogen) atoms. The molecule has 2 aromatic rings. The highest BCUT2D eigenvalue weighted by molar-refractivity contribution is 8.00. The summed E-state index contributed by atoms with van der Waals surface area (Å²) in [5.74, 6) is 0.883. The number of anilines is 1. The molecule has 2 aromatic carbocycles. The number of aryl methyl sites for hydroxylation is 1. The summed E-state index contributed by atoms with van der Waals surface area (Å²) in [4.78, 5) is 2.70. The van der Waals surface area contributed by atoms with E-state index in [4.69, 9.17) is 0 Å². The predicted molar refractivity (Wildman–Crippen MR) is 110 cm³/mol. The van der Waals surface area contributed by atoms with Crippen LogP contribution in [0.3, 0.4) is 0 Å². The van der Waals surface area contributed by atoms with Gasteiger partial charge in [-0.05, 0) is 49.8 Å². The van der Waals surface area contributed by atoms with Gasteiger partial charge in [0.25, 0.3) is 0 Å². The van der Waals surface area contributed by atoms with Gasteiger partial charge in [0, 0.05) is 17.0 Å². The number of hydrogen-bond donors (Lipinski definition) is 0. The quantitative estimate of drug-likeness (QED) is 0.614. The lowest BCUT2D eigenvalue weighted by atomic mass is 9.84. The van der Waals surface area contributed by atoms with Gasteiger partial charge in [0.05, 0.1) is 0 Å². The Bertz CT molecular complexity index is 692. The van der Waals surface area contributed by atoms with Crippen LogP contribution in [-0.4, -0.2) is 11.3 Å². The second kappa shape index (κ2) is 7.45. The first kappa shape index (κ1) is 17.0. The van der Waals surface area contributed by atoms with E-state index in [0.717, 1.165) is 11.2 Å². The molecule has 4 rings (SSSR count). The van der Waals surface area contributed by atoms with Crippen molar-refractivity contribution in [2.24, 2.45) is 5.92 Å². The lowest BCUT2D eigenvalue weighted by Gasteiger charge is -2.34.